The highest BCUT2D eigenvalue weighted by Crippen LogP contribution is 2.28. The molecule has 0 N–H and O–H groups in total. The normalized spacial score (nSPS) is 11.5. The Labute approximate surface area is 136 Å². The van der Waals surface area contributed by atoms with Crippen LogP contribution in [0.5, 0.6) is 0 Å². The lowest BCUT2D eigenvalue weighted by atomic mass is 10.2. The zero-order valence-electron chi connectivity index (χ0n) is 11.3. The highest BCUT2D eigenvalue weighted by Gasteiger charge is 2.20. The minimum absolute atomic E-state index is 0.0832. The van der Waals surface area contributed by atoms with Crippen LogP contribution in [0.4, 0.5) is 0 Å². The molecule has 1 aromatic carbocycles. The Morgan fingerprint density at radius 2 is 1.95 bits per heavy atom. The minimum Gasteiger partial charge on any atom is -0.242 e. The average molecular weight is 376 g/mol. The summed E-state index contributed by atoms with van der Waals surface area (Å²) in [5, 5.41) is 9.83. The lowest BCUT2D eigenvalue weighted by Crippen LogP contribution is -2.14. The molecule has 0 amide bonds. The molecule has 0 aliphatic carbocycles. The van der Waals surface area contributed by atoms with Gasteiger partial charge < -0.3 is 0 Å². The maximum Gasteiger partial charge on any atom is 0.243 e. The summed E-state index contributed by atoms with van der Waals surface area (Å²) < 4.78 is 27.1. The van der Waals surface area contributed by atoms with Gasteiger partial charge in [-0.05, 0) is 27.6 Å². The summed E-state index contributed by atoms with van der Waals surface area (Å²) in [6.45, 7) is 0. The van der Waals surface area contributed by atoms with E-state index in [4.69, 9.17) is 0 Å². The summed E-state index contributed by atoms with van der Waals surface area (Å²) >= 11 is 3.33. The summed E-state index contributed by atoms with van der Waals surface area (Å²) in [6, 6.07) is 12.5. The number of fused-ring (bicyclic) bond motifs is 1. The Bertz CT molecular complexity index is 989. The maximum absolute atomic E-state index is 12.7. The van der Waals surface area contributed by atoms with Crippen molar-refractivity contribution in [3.05, 3.63) is 64.5 Å². The van der Waals surface area contributed by atoms with Crippen LogP contribution >= 0.6 is 15.9 Å². The third-order valence-corrected chi connectivity index (χ3v) is 5.47. The second-order valence-electron chi connectivity index (χ2n) is 4.68. The number of benzene rings is 1. The smallest absolute Gasteiger partial charge is 0.242 e. The van der Waals surface area contributed by atoms with Crippen LogP contribution < -0.4 is 0 Å². The standard InChI is InChI=1S/C15H10BrN3O2S/c16-13-9-18-14(8-17)15-12(13)6-7-19(15)22(20,21)10-11-4-2-1-3-5-11/h1-7,9H,10H2. The number of nitriles is 1. The van der Waals surface area contributed by atoms with Crippen LogP contribution in [-0.2, 0) is 15.8 Å². The van der Waals surface area contributed by atoms with Gasteiger partial charge in [0.25, 0.3) is 0 Å². The average Bonchev–Trinajstić information content (AvgIpc) is 2.95. The van der Waals surface area contributed by atoms with E-state index in [1.54, 1.807) is 30.3 Å². The van der Waals surface area contributed by atoms with Crippen molar-refractivity contribution < 1.29 is 8.42 Å². The molecule has 0 radical (unpaired) electrons. The van der Waals surface area contributed by atoms with E-state index in [9.17, 15) is 13.7 Å². The molecule has 0 bridgehead atoms. The Hall–Kier alpha value is -2.17. The first-order valence-electron chi connectivity index (χ1n) is 6.36. The van der Waals surface area contributed by atoms with E-state index in [0.717, 1.165) is 3.97 Å². The fourth-order valence-corrected chi connectivity index (χ4v) is 4.14. The van der Waals surface area contributed by atoms with Crippen LogP contribution in [-0.4, -0.2) is 17.4 Å². The number of hydrogen-bond acceptors (Lipinski definition) is 4. The molecule has 22 heavy (non-hydrogen) atoms. The molecule has 110 valence electrons. The Morgan fingerprint density at radius 3 is 2.64 bits per heavy atom. The molecule has 7 heteroatoms. The second-order valence-corrected chi connectivity index (χ2v) is 7.38. The van der Waals surface area contributed by atoms with Crippen LogP contribution in [0.15, 0.2) is 53.3 Å². The van der Waals surface area contributed by atoms with Crippen LogP contribution in [0.3, 0.4) is 0 Å². The number of nitrogens with zero attached hydrogens (tertiary/aromatic N) is 3. The van der Waals surface area contributed by atoms with Gasteiger partial charge in [-0.3, -0.25) is 0 Å². The fraction of sp³-hybridized carbons (Fsp3) is 0.0667. The quantitative estimate of drug-likeness (QED) is 0.704. The van der Waals surface area contributed by atoms with E-state index in [1.165, 1.54) is 12.4 Å². The topological polar surface area (TPSA) is 75.8 Å². The van der Waals surface area contributed by atoms with Gasteiger partial charge in [-0.15, -0.1) is 0 Å². The van der Waals surface area contributed by atoms with Gasteiger partial charge in [0.2, 0.25) is 10.0 Å². The highest BCUT2D eigenvalue weighted by atomic mass is 79.9. The van der Waals surface area contributed by atoms with E-state index in [1.807, 2.05) is 12.1 Å². The molecule has 0 saturated carbocycles. The molecule has 3 aromatic rings. The molecular formula is C15H10BrN3O2S. The number of pyridine rings is 1. The van der Waals surface area contributed by atoms with Gasteiger partial charge in [-0.1, -0.05) is 30.3 Å². The number of aromatic nitrogens is 2. The van der Waals surface area contributed by atoms with E-state index >= 15 is 0 Å². The Morgan fingerprint density at radius 1 is 1.23 bits per heavy atom. The number of rotatable bonds is 3. The molecule has 0 atom stereocenters. The molecule has 0 unspecified atom stereocenters. The molecule has 2 heterocycles. The minimum atomic E-state index is -3.64. The fourth-order valence-electron chi connectivity index (χ4n) is 2.26. The van der Waals surface area contributed by atoms with Crippen molar-refractivity contribution in [2.45, 2.75) is 5.75 Å². The largest absolute Gasteiger partial charge is 0.243 e. The van der Waals surface area contributed by atoms with Gasteiger partial charge in [-0.25, -0.2) is 17.4 Å². The van der Waals surface area contributed by atoms with E-state index in [0.29, 0.717) is 20.9 Å². The second kappa shape index (κ2) is 5.55. The van der Waals surface area contributed by atoms with E-state index < -0.39 is 10.0 Å². The molecule has 0 spiro atoms. The first-order valence-corrected chi connectivity index (χ1v) is 8.76. The molecule has 0 aliphatic heterocycles. The lowest BCUT2D eigenvalue weighted by molar-refractivity contribution is 0.588. The predicted molar refractivity (Wildman–Crippen MR) is 86.6 cm³/mol. The number of halogens is 1. The van der Waals surface area contributed by atoms with Crippen molar-refractivity contribution in [1.82, 2.24) is 8.96 Å². The highest BCUT2D eigenvalue weighted by molar-refractivity contribution is 9.10. The maximum atomic E-state index is 12.7. The third-order valence-electron chi connectivity index (χ3n) is 3.24. The summed E-state index contributed by atoms with van der Waals surface area (Å²) in [5.74, 6) is -0.144. The summed E-state index contributed by atoms with van der Waals surface area (Å²) in [7, 11) is -3.64. The van der Waals surface area contributed by atoms with Crippen molar-refractivity contribution in [2.75, 3.05) is 0 Å². The van der Waals surface area contributed by atoms with Crippen molar-refractivity contribution in [2.24, 2.45) is 0 Å². The Kier molecular flexibility index (Phi) is 3.72. The van der Waals surface area contributed by atoms with E-state index in [-0.39, 0.29) is 11.4 Å². The van der Waals surface area contributed by atoms with Crippen LogP contribution in [0.1, 0.15) is 11.3 Å². The van der Waals surface area contributed by atoms with Gasteiger partial charge >= 0.3 is 0 Å². The summed E-state index contributed by atoms with van der Waals surface area (Å²) in [4.78, 5) is 3.99. The molecule has 0 fully saturated rings. The summed E-state index contributed by atoms with van der Waals surface area (Å²) in [5.41, 5.74) is 1.07. The molecule has 3 rings (SSSR count). The van der Waals surface area contributed by atoms with Gasteiger partial charge in [0, 0.05) is 22.3 Å². The zero-order valence-corrected chi connectivity index (χ0v) is 13.7. The Balaban J connectivity index is 2.18. The lowest BCUT2D eigenvalue weighted by Gasteiger charge is -2.08. The molecular weight excluding hydrogens is 366 g/mol. The van der Waals surface area contributed by atoms with Crippen molar-refractivity contribution in [3.8, 4) is 6.07 Å². The molecule has 0 saturated heterocycles. The van der Waals surface area contributed by atoms with Crippen LogP contribution in [0.25, 0.3) is 10.9 Å². The summed E-state index contributed by atoms with van der Waals surface area (Å²) in [6.07, 6.45) is 2.95. The van der Waals surface area contributed by atoms with Crippen molar-refractivity contribution in [3.63, 3.8) is 0 Å². The van der Waals surface area contributed by atoms with Gasteiger partial charge in [0.15, 0.2) is 5.69 Å². The first-order chi connectivity index (χ1) is 10.5. The molecule has 5 nitrogen and oxygen atoms in total. The van der Waals surface area contributed by atoms with Crippen molar-refractivity contribution in [1.29, 1.82) is 5.26 Å². The van der Waals surface area contributed by atoms with Crippen LogP contribution in [0, 0.1) is 11.3 Å². The predicted octanol–water partition coefficient (Wildman–Crippen LogP) is 3.05. The van der Waals surface area contributed by atoms with Crippen LogP contribution in [0.2, 0.25) is 0 Å². The third kappa shape index (κ3) is 2.51. The molecule has 0 aliphatic rings. The molecule has 2 aromatic heterocycles. The monoisotopic (exact) mass is 375 g/mol. The van der Waals surface area contributed by atoms with E-state index in [2.05, 4.69) is 20.9 Å². The van der Waals surface area contributed by atoms with Gasteiger partial charge in [0.1, 0.15) is 11.6 Å². The van der Waals surface area contributed by atoms with Crippen molar-refractivity contribution >= 4 is 36.9 Å². The number of hydrogen-bond donors (Lipinski definition) is 0. The zero-order chi connectivity index (χ0) is 15.7. The van der Waals surface area contributed by atoms with Gasteiger partial charge in [0.05, 0.1) is 5.75 Å². The van der Waals surface area contributed by atoms with Gasteiger partial charge in [-0.2, -0.15) is 5.26 Å². The first kappa shape index (κ1) is 14.8. The SMILES string of the molecule is N#Cc1ncc(Br)c2ccn(S(=O)(=O)Cc3ccccc3)c12.